The second-order valence-corrected chi connectivity index (χ2v) is 6.34. The molecular weight excluding hydrogens is 252 g/mol. The van der Waals surface area contributed by atoms with Crippen molar-refractivity contribution in [2.75, 3.05) is 25.9 Å². The first-order chi connectivity index (χ1) is 8.32. The molecule has 3 N–H and O–H groups in total. The third kappa shape index (κ3) is 2.82. The maximum atomic E-state index is 12.3. The second-order valence-electron chi connectivity index (χ2n) is 4.32. The molecule has 5 nitrogen and oxygen atoms in total. The molecule has 0 heterocycles. The fraction of sp³-hybridized carbons (Fsp3) is 0.500. The third-order valence-electron chi connectivity index (χ3n) is 3.00. The molecule has 18 heavy (non-hydrogen) atoms. The summed E-state index contributed by atoms with van der Waals surface area (Å²) in [7, 11) is -2.04. The normalized spacial score (nSPS) is 12.1. The van der Waals surface area contributed by atoms with Crippen molar-refractivity contribution in [2.45, 2.75) is 25.2 Å². The number of nitrogens with two attached hydrogens (primary N) is 1. The van der Waals surface area contributed by atoms with Crippen molar-refractivity contribution < 1.29 is 13.5 Å². The molecule has 0 fully saturated rings. The van der Waals surface area contributed by atoms with Crippen molar-refractivity contribution in [3.05, 3.63) is 23.3 Å². The van der Waals surface area contributed by atoms with Gasteiger partial charge >= 0.3 is 0 Å². The van der Waals surface area contributed by atoms with Crippen LogP contribution in [0.3, 0.4) is 0 Å². The molecule has 0 saturated heterocycles. The van der Waals surface area contributed by atoms with Gasteiger partial charge in [0, 0.05) is 25.9 Å². The van der Waals surface area contributed by atoms with E-state index >= 15 is 0 Å². The van der Waals surface area contributed by atoms with Crippen LogP contribution in [0, 0.1) is 13.8 Å². The van der Waals surface area contributed by atoms with E-state index in [0.29, 0.717) is 17.7 Å². The highest BCUT2D eigenvalue weighted by Gasteiger charge is 2.23. The first-order valence-electron chi connectivity index (χ1n) is 5.75. The highest BCUT2D eigenvalue weighted by Crippen LogP contribution is 2.26. The Hall–Kier alpha value is -1.11. The molecule has 1 aromatic carbocycles. The molecule has 0 aliphatic heterocycles. The summed E-state index contributed by atoms with van der Waals surface area (Å²) in [4.78, 5) is 0.228. The number of anilines is 1. The number of rotatable bonds is 5. The van der Waals surface area contributed by atoms with E-state index in [9.17, 15) is 8.42 Å². The van der Waals surface area contributed by atoms with Gasteiger partial charge in [-0.1, -0.05) is 6.07 Å². The van der Waals surface area contributed by atoms with Crippen molar-refractivity contribution in [2.24, 2.45) is 0 Å². The molecule has 0 amide bonds. The molecule has 0 bridgehead atoms. The van der Waals surface area contributed by atoms with Gasteiger partial charge in [-0.15, -0.1) is 0 Å². The summed E-state index contributed by atoms with van der Waals surface area (Å²) >= 11 is 0. The minimum absolute atomic E-state index is 0.0329. The van der Waals surface area contributed by atoms with Gasteiger partial charge in [-0.05, 0) is 37.5 Å². The van der Waals surface area contributed by atoms with Gasteiger partial charge in [-0.3, -0.25) is 0 Å². The van der Waals surface area contributed by atoms with Gasteiger partial charge in [0.2, 0.25) is 10.0 Å². The van der Waals surface area contributed by atoms with E-state index in [1.807, 2.05) is 6.92 Å². The van der Waals surface area contributed by atoms with Crippen LogP contribution < -0.4 is 5.73 Å². The molecule has 0 aliphatic rings. The second kappa shape index (κ2) is 5.69. The molecule has 0 atom stereocenters. The van der Waals surface area contributed by atoms with Crippen molar-refractivity contribution >= 4 is 15.7 Å². The van der Waals surface area contributed by atoms with Crippen LogP contribution in [0.5, 0.6) is 0 Å². The van der Waals surface area contributed by atoms with E-state index in [0.717, 1.165) is 5.56 Å². The average Bonchev–Trinajstić information content (AvgIpc) is 2.32. The summed E-state index contributed by atoms with van der Waals surface area (Å²) in [6.45, 7) is 3.80. The summed E-state index contributed by atoms with van der Waals surface area (Å²) in [5, 5.41) is 8.75. The summed E-state index contributed by atoms with van der Waals surface area (Å²) in [6, 6.07) is 3.28. The highest BCUT2D eigenvalue weighted by molar-refractivity contribution is 7.89. The van der Waals surface area contributed by atoms with E-state index in [1.165, 1.54) is 11.4 Å². The molecule has 0 aromatic heterocycles. The Morgan fingerprint density at radius 1 is 1.33 bits per heavy atom. The van der Waals surface area contributed by atoms with Gasteiger partial charge < -0.3 is 10.8 Å². The number of nitrogen functional groups attached to an aromatic ring is 1. The van der Waals surface area contributed by atoms with Crippen LogP contribution in [0.15, 0.2) is 17.0 Å². The fourth-order valence-corrected chi connectivity index (χ4v) is 3.15. The van der Waals surface area contributed by atoms with Gasteiger partial charge in [-0.25, -0.2) is 12.7 Å². The van der Waals surface area contributed by atoms with Crippen LogP contribution in [-0.4, -0.2) is 38.0 Å². The van der Waals surface area contributed by atoms with Crippen LogP contribution in [0.2, 0.25) is 0 Å². The molecule has 0 saturated carbocycles. The van der Waals surface area contributed by atoms with E-state index in [4.69, 9.17) is 10.8 Å². The number of benzene rings is 1. The SMILES string of the molecule is Cc1ccc(S(=O)(=O)N(C)CCCO)c(C)c1N. The summed E-state index contributed by atoms with van der Waals surface area (Å²) < 4.78 is 25.9. The Morgan fingerprint density at radius 2 is 1.94 bits per heavy atom. The maximum Gasteiger partial charge on any atom is 0.243 e. The molecule has 1 rings (SSSR count). The standard InChI is InChI=1S/C12H20N2O3S/c1-9-5-6-11(10(2)12(9)13)18(16,17)14(3)7-4-8-15/h5-6,15H,4,7-8,13H2,1-3H3. The Labute approximate surface area is 108 Å². The fourth-order valence-electron chi connectivity index (χ4n) is 1.70. The number of aliphatic hydroxyl groups is 1. The van der Waals surface area contributed by atoms with Crippen LogP contribution in [0.1, 0.15) is 17.5 Å². The van der Waals surface area contributed by atoms with Crippen LogP contribution >= 0.6 is 0 Å². The zero-order chi connectivity index (χ0) is 13.9. The first-order valence-corrected chi connectivity index (χ1v) is 7.19. The van der Waals surface area contributed by atoms with Gasteiger partial charge in [0.05, 0.1) is 4.90 Å². The smallest absolute Gasteiger partial charge is 0.243 e. The summed E-state index contributed by atoms with van der Waals surface area (Å²) in [5.74, 6) is 0. The number of nitrogens with zero attached hydrogens (tertiary/aromatic N) is 1. The lowest BCUT2D eigenvalue weighted by Crippen LogP contribution is -2.29. The molecule has 6 heteroatoms. The lowest BCUT2D eigenvalue weighted by molar-refractivity contribution is 0.275. The van der Waals surface area contributed by atoms with Gasteiger partial charge in [0.25, 0.3) is 0 Å². The molecule has 102 valence electrons. The number of sulfonamides is 1. The molecule has 1 aromatic rings. The van der Waals surface area contributed by atoms with Crippen LogP contribution in [-0.2, 0) is 10.0 Å². The summed E-state index contributed by atoms with van der Waals surface area (Å²) in [5.41, 5.74) is 7.80. The molecular formula is C12H20N2O3S. The molecule has 0 aliphatic carbocycles. The average molecular weight is 272 g/mol. The van der Waals surface area contributed by atoms with Crippen molar-refractivity contribution in [3.8, 4) is 0 Å². The Kier molecular flexibility index (Phi) is 4.72. The Morgan fingerprint density at radius 3 is 2.50 bits per heavy atom. The Balaban J connectivity index is 3.17. The molecule has 0 unspecified atom stereocenters. The maximum absolute atomic E-state index is 12.3. The van der Waals surface area contributed by atoms with E-state index in [2.05, 4.69) is 0 Å². The number of aliphatic hydroxyl groups excluding tert-OH is 1. The minimum atomic E-state index is -3.54. The topological polar surface area (TPSA) is 83.6 Å². The predicted octanol–water partition coefficient (Wildman–Crippen LogP) is 0.889. The zero-order valence-corrected chi connectivity index (χ0v) is 11.8. The first kappa shape index (κ1) is 14.9. The highest BCUT2D eigenvalue weighted by atomic mass is 32.2. The number of hydrogen-bond donors (Lipinski definition) is 2. The molecule has 0 radical (unpaired) electrons. The number of hydrogen-bond acceptors (Lipinski definition) is 4. The Bertz CT molecular complexity index is 526. The van der Waals surface area contributed by atoms with Crippen molar-refractivity contribution in [1.82, 2.24) is 4.31 Å². The van der Waals surface area contributed by atoms with Gasteiger partial charge in [-0.2, -0.15) is 0 Å². The quantitative estimate of drug-likeness (QED) is 0.780. The van der Waals surface area contributed by atoms with Crippen LogP contribution in [0.4, 0.5) is 5.69 Å². The largest absolute Gasteiger partial charge is 0.398 e. The monoisotopic (exact) mass is 272 g/mol. The van der Waals surface area contributed by atoms with Crippen molar-refractivity contribution in [1.29, 1.82) is 0 Å². The third-order valence-corrected chi connectivity index (χ3v) is 5.00. The van der Waals surface area contributed by atoms with Gasteiger partial charge in [0.15, 0.2) is 0 Å². The lowest BCUT2D eigenvalue weighted by atomic mass is 10.1. The molecule has 0 spiro atoms. The number of aryl methyl sites for hydroxylation is 1. The van der Waals surface area contributed by atoms with Crippen molar-refractivity contribution in [3.63, 3.8) is 0 Å². The van der Waals surface area contributed by atoms with E-state index in [1.54, 1.807) is 19.1 Å². The van der Waals surface area contributed by atoms with E-state index in [-0.39, 0.29) is 18.0 Å². The minimum Gasteiger partial charge on any atom is -0.398 e. The lowest BCUT2D eigenvalue weighted by Gasteiger charge is -2.19. The van der Waals surface area contributed by atoms with Crippen LogP contribution in [0.25, 0.3) is 0 Å². The summed E-state index contributed by atoms with van der Waals surface area (Å²) in [6.07, 6.45) is 0.413. The predicted molar refractivity (Wildman–Crippen MR) is 71.8 cm³/mol. The van der Waals surface area contributed by atoms with Gasteiger partial charge in [0.1, 0.15) is 0 Å². The zero-order valence-electron chi connectivity index (χ0n) is 11.0. The van der Waals surface area contributed by atoms with E-state index < -0.39 is 10.0 Å².